The number of carbonyl (C=O) groups excluding carboxylic acids is 1. The van der Waals surface area contributed by atoms with Gasteiger partial charge >= 0.3 is 0 Å². The van der Waals surface area contributed by atoms with Crippen LogP contribution in [0.5, 0.6) is 0 Å². The van der Waals surface area contributed by atoms with Gasteiger partial charge in [0.1, 0.15) is 0 Å². The molecule has 1 aromatic rings. The Balaban J connectivity index is 2.55. The van der Waals surface area contributed by atoms with E-state index in [0.717, 1.165) is 15.1 Å². The first-order valence-electron chi connectivity index (χ1n) is 4.68. The van der Waals surface area contributed by atoms with E-state index in [4.69, 9.17) is 0 Å². The van der Waals surface area contributed by atoms with E-state index in [1.54, 1.807) is 16.7 Å². The maximum atomic E-state index is 12.0. The van der Waals surface area contributed by atoms with Crippen LogP contribution >= 0.6 is 27.7 Å². The number of anilines is 1. The summed E-state index contributed by atoms with van der Waals surface area (Å²) in [5, 5.41) is 0. The second-order valence-corrected chi connectivity index (χ2v) is 6.67. The molecule has 0 spiro atoms. The van der Waals surface area contributed by atoms with E-state index in [2.05, 4.69) is 22.0 Å². The standard InChI is InChI=1S/C11H12BrNOS/c1-11(2)10(14)13(3)8-6-7(12)4-5-9(8)15-11/h4-6H,1-3H3. The van der Waals surface area contributed by atoms with Crippen molar-refractivity contribution < 1.29 is 4.79 Å². The fraction of sp³-hybridized carbons (Fsp3) is 0.364. The number of nitrogens with zero attached hydrogens (tertiary/aromatic N) is 1. The Labute approximate surface area is 102 Å². The summed E-state index contributed by atoms with van der Waals surface area (Å²) in [7, 11) is 1.83. The second-order valence-electron chi connectivity index (χ2n) is 4.09. The van der Waals surface area contributed by atoms with Gasteiger partial charge in [-0.05, 0) is 32.0 Å². The zero-order valence-corrected chi connectivity index (χ0v) is 11.3. The molecule has 0 N–H and O–H groups in total. The minimum atomic E-state index is -0.365. The van der Waals surface area contributed by atoms with Crippen molar-refractivity contribution in [3.63, 3.8) is 0 Å². The molecular weight excluding hydrogens is 274 g/mol. The molecule has 0 radical (unpaired) electrons. The van der Waals surface area contributed by atoms with Gasteiger partial charge in [-0.2, -0.15) is 0 Å². The molecule has 2 nitrogen and oxygen atoms in total. The predicted molar refractivity (Wildman–Crippen MR) is 67.5 cm³/mol. The van der Waals surface area contributed by atoms with Crippen molar-refractivity contribution in [1.29, 1.82) is 0 Å². The average molecular weight is 286 g/mol. The Bertz CT molecular complexity index is 431. The largest absolute Gasteiger partial charge is 0.313 e. The lowest BCUT2D eigenvalue weighted by atomic mass is 10.1. The highest BCUT2D eigenvalue weighted by molar-refractivity contribution is 9.10. The predicted octanol–water partition coefficient (Wildman–Crippen LogP) is 3.30. The van der Waals surface area contributed by atoms with E-state index < -0.39 is 0 Å². The SMILES string of the molecule is CN1C(=O)C(C)(C)Sc2ccc(Br)cc21. The molecular formula is C11H12BrNOS. The molecule has 1 aliphatic heterocycles. The van der Waals surface area contributed by atoms with Crippen molar-refractivity contribution in [2.24, 2.45) is 0 Å². The van der Waals surface area contributed by atoms with Gasteiger partial charge in [-0.25, -0.2) is 0 Å². The summed E-state index contributed by atoms with van der Waals surface area (Å²) in [4.78, 5) is 14.9. The van der Waals surface area contributed by atoms with Gasteiger partial charge in [0.25, 0.3) is 0 Å². The van der Waals surface area contributed by atoms with Crippen molar-refractivity contribution in [3.05, 3.63) is 22.7 Å². The van der Waals surface area contributed by atoms with Gasteiger partial charge < -0.3 is 4.90 Å². The van der Waals surface area contributed by atoms with Crippen molar-refractivity contribution >= 4 is 39.3 Å². The Morgan fingerprint density at radius 2 is 2.07 bits per heavy atom. The fourth-order valence-corrected chi connectivity index (χ4v) is 3.23. The van der Waals surface area contributed by atoms with Gasteiger partial charge in [0.05, 0.1) is 10.4 Å². The molecule has 15 heavy (non-hydrogen) atoms. The summed E-state index contributed by atoms with van der Waals surface area (Å²) in [5.74, 6) is 0.151. The van der Waals surface area contributed by atoms with Crippen LogP contribution in [0.2, 0.25) is 0 Å². The Morgan fingerprint density at radius 3 is 2.73 bits per heavy atom. The van der Waals surface area contributed by atoms with Crippen LogP contribution in [0.25, 0.3) is 0 Å². The van der Waals surface area contributed by atoms with E-state index in [-0.39, 0.29) is 10.7 Å². The molecule has 80 valence electrons. The molecule has 0 unspecified atom stereocenters. The molecule has 0 saturated carbocycles. The average Bonchev–Trinajstić information content (AvgIpc) is 2.16. The van der Waals surface area contributed by atoms with Gasteiger partial charge in [0, 0.05) is 16.4 Å². The monoisotopic (exact) mass is 285 g/mol. The minimum Gasteiger partial charge on any atom is -0.313 e. The number of thioether (sulfide) groups is 1. The molecule has 0 fully saturated rings. The van der Waals surface area contributed by atoms with Crippen LogP contribution in [0.3, 0.4) is 0 Å². The highest BCUT2D eigenvalue weighted by Gasteiger charge is 2.37. The normalized spacial score (nSPS) is 18.9. The lowest BCUT2D eigenvalue weighted by molar-refractivity contribution is -0.120. The third kappa shape index (κ3) is 1.81. The van der Waals surface area contributed by atoms with Crippen LogP contribution in [0, 0.1) is 0 Å². The Hall–Kier alpha value is -0.480. The summed E-state index contributed by atoms with van der Waals surface area (Å²) in [6.45, 7) is 3.92. The maximum Gasteiger partial charge on any atom is 0.242 e. The molecule has 0 aromatic heterocycles. The summed E-state index contributed by atoms with van der Waals surface area (Å²) in [5.41, 5.74) is 0.985. The molecule has 0 atom stereocenters. The van der Waals surface area contributed by atoms with E-state index >= 15 is 0 Å². The number of carbonyl (C=O) groups is 1. The van der Waals surface area contributed by atoms with Crippen molar-refractivity contribution in [1.82, 2.24) is 0 Å². The van der Waals surface area contributed by atoms with Gasteiger partial charge in [0.15, 0.2) is 0 Å². The van der Waals surface area contributed by atoms with Crippen LogP contribution < -0.4 is 4.90 Å². The number of hydrogen-bond donors (Lipinski definition) is 0. The highest BCUT2D eigenvalue weighted by Crippen LogP contribution is 2.45. The van der Waals surface area contributed by atoms with E-state index in [1.807, 2.05) is 33.0 Å². The molecule has 1 aromatic carbocycles. The first-order chi connectivity index (χ1) is 6.92. The van der Waals surface area contributed by atoms with Gasteiger partial charge in [-0.3, -0.25) is 4.79 Å². The van der Waals surface area contributed by atoms with E-state index in [1.165, 1.54) is 0 Å². The Morgan fingerprint density at radius 1 is 1.40 bits per heavy atom. The third-order valence-corrected chi connectivity index (χ3v) is 4.21. The quantitative estimate of drug-likeness (QED) is 0.729. The van der Waals surface area contributed by atoms with Gasteiger partial charge in [0.2, 0.25) is 5.91 Å². The molecule has 1 aliphatic rings. The van der Waals surface area contributed by atoms with Gasteiger partial charge in [-0.15, -0.1) is 11.8 Å². The Kier molecular flexibility index (Phi) is 2.59. The molecule has 1 amide bonds. The molecule has 0 bridgehead atoms. The molecule has 4 heteroatoms. The lowest BCUT2D eigenvalue weighted by Crippen LogP contribution is -2.44. The van der Waals surface area contributed by atoms with Crippen LogP contribution in [-0.2, 0) is 4.79 Å². The third-order valence-electron chi connectivity index (χ3n) is 2.47. The zero-order chi connectivity index (χ0) is 11.2. The van der Waals surface area contributed by atoms with E-state index in [0.29, 0.717) is 0 Å². The smallest absolute Gasteiger partial charge is 0.242 e. The number of benzene rings is 1. The topological polar surface area (TPSA) is 20.3 Å². The second kappa shape index (κ2) is 3.52. The van der Waals surface area contributed by atoms with Gasteiger partial charge in [-0.1, -0.05) is 15.9 Å². The molecule has 1 heterocycles. The zero-order valence-electron chi connectivity index (χ0n) is 8.87. The molecule has 0 aliphatic carbocycles. The van der Waals surface area contributed by atoms with Crippen LogP contribution in [0.4, 0.5) is 5.69 Å². The number of fused-ring (bicyclic) bond motifs is 1. The summed E-state index contributed by atoms with van der Waals surface area (Å²) in [6, 6.07) is 6.04. The van der Waals surface area contributed by atoms with Crippen LogP contribution in [0.15, 0.2) is 27.6 Å². The van der Waals surface area contributed by atoms with Crippen LogP contribution in [0.1, 0.15) is 13.8 Å². The molecule has 2 rings (SSSR count). The van der Waals surface area contributed by atoms with Crippen molar-refractivity contribution in [2.45, 2.75) is 23.5 Å². The highest BCUT2D eigenvalue weighted by atomic mass is 79.9. The lowest BCUT2D eigenvalue weighted by Gasteiger charge is -2.35. The number of hydrogen-bond acceptors (Lipinski definition) is 2. The number of halogens is 1. The molecule has 0 saturated heterocycles. The summed E-state index contributed by atoms with van der Waals surface area (Å²) < 4.78 is 0.636. The maximum absolute atomic E-state index is 12.0. The summed E-state index contributed by atoms with van der Waals surface area (Å²) in [6.07, 6.45) is 0. The minimum absolute atomic E-state index is 0.151. The van der Waals surface area contributed by atoms with Crippen molar-refractivity contribution in [3.8, 4) is 0 Å². The summed E-state index contributed by atoms with van der Waals surface area (Å²) >= 11 is 5.04. The van der Waals surface area contributed by atoms with Crippen LogP contribution in [-0.4, -0.2) is 17.7 Å². The first kappa shape index (κ1) is 11.0. The number of amides is 1. The first-order valence-corrected chi connectivity index (χ1v) is 6.29. The fourth-order valence-electron chi connectivity index (χ4n) is 1.67. The van der Waals surface area contributed by atoms with Crippen molar-refractivity contribution in [2.75, 3.05) is 11.9 Å². The number of rotatable bonds is 0. The van der Waals surface area contributed by atoms with E-state index in [9.17, 15) is 4.79 Å².